The Morgan fingerprint density at radius 2 is 2.23 bits per heavy atom. The fraction of sp³-hybridized carbons (Fsp3) is 0.529. The van der Waals surface area contributed by atoms with Crippen molar-refractivity contribution in [1.82, 2.24) is 5.43 Å². The molecule has 1 N–H and O–H groups in total. The zero-order valence-electron chi connectivity index (χ0n) is 12.7. The molecule has 0 unspecified atom stereocenters. The van der Waals surface area contributed by atoms with Crippen LogP contribution in [0, 0.1) is 17.3 Å². The van der Waals surface area contributed by atoms with Gasteiger partial charge in [-0.05, 0) is 47.9 Å². The first kappa shape index (κ1) is 13.6. The summed E-state index contributed by atoms with van der Waals surface area (Å²) < 4.78 is 10.6. The molecule has 4 rings (SSSR count). The Kier molecular flexibility index (Phi) is 3.10. The van der Waals surface area contributed by atoms with Crippen molar-refractivity contribution in [3.05, 3.63) is 23.8 Å². The molecule has 0 aromatic heterocycles. The second-order valence-electron chi connectivity index (χ2n) is 6.68. The number of hydrogen-bond donors (Lipinski definition) is 1. The van der Waals surface area contributed by atoms with Gasteiger partial charge in [-0.3, -0.25) is 4.79 Å². The Labute approximate surface area is 129 Å². The van der Waals surface area contributed by atoms with E-state index in [1.165, 1.54) is 25.7 Å². The van der Waals surface area contributed by atoms with Crippen LogP contribution >= 0.6 is 0 Å². The van der Waals surface area contributed by atoms with Crippen molar-refractivity contribution in [2.24, 2.45) is 22.4 Å². The van der Waals surface area contributed by atoms with Crippen molar-refractivity contribution in [2.45, 2.75) is 32.6 Å². The molecule has 1 aromatic rings. The lowest BCUT2D eigenvalue weighted by Crippen LogP contribution is -2.22. The van der Waals surface area contributed by atoms with Crippen molar-refractivity contribution in [1.29, 1.82) is 0 Å². The van der Waals surface area contributed by atoms with Gasteiger partial charge in [-0.1, -0.05) is 19.8 Å². The largest absolute Gasteiger partial charge is 0.454 e. The van der Waals surface area contributed by atoms with Crippen molar-refractivity contribution in [3.63, 3.8) is 0 Å². The minimum absolute atomic E-state index is 0.0615. The maximum atomic E-state index is 12.3. The van der Waals surface area contributed by atoms with E-state index >= 15 is 0 Å². The van der Waals surface area contributed by atoms with Crippen LogP contribution in [0.1, 0.15) is 38.2 Å². The molecule has 1 heterocycles. The van der Waals surface area contributed by atoms with E-state index in [2.05, 4.69) is 17.5 Å². The normalized spacial score (nSPS) is 31.9. The summed E-state index contributed by atoms with van der Waals surface area (Å²) in [5.74, 6) is 2.23. The van der Waals surface area contributed by atoms with E-state index in [0.29, 0.717) is 5.92 Å². The number of amides is 1. The molecule has 3 atom stereocenters. The Balaban J connectivity index is 1.37. The monoisotopic (exact) mass is 300 g/mol. The van der Waals surface area contributed by atoms with Crippen LogP contribution < -0.4 is 14.9 Å². The van der Waals surface area contributed by atoms with E-state index in [-0.39, 0.29) is 24.0 Å². The third-order valence-corrected chi connectivity index (χ3v) is 5.40. The van der Waals surface area contributed by atoms with Crippen molar-refractivity contribution < 1.29 is 14.3 Å². The molecule has 3 aliphatic rings. The third-order valence-electron chi connectivity index (χ3n) is 5.40. The van der Waals surface area contributed by atoms with Gasteiger partial charge >= 0.3 is 0 Å². The second-order valence-corrected chi connectivity index (χ2v) is 6.68. The Morgan fingerprint density at radius 3 is 3.05 bits per heavy atom. The van der Waals surface area contributed by atoms with Crippen LogP contribution in [0.3, 0.4) is 0 Å². The maximum absolute atomic E-state index is 12.3. The Bertz CT molecular complexity index is 643. The lowest BCUT2D eigenvalue weighted by Gasteiger charge is -2.15. The van der Waals surface area contributed by atoms with E-state index in [0.717, 1.165) is 17.1 Å². The summed E-state index contributed by atoms with van der Waals surface area (Å²) in [6.07, 6.45) is 6.50. The number of ether oxygens (including phenoxy) is 2. The highest BCUT2D eigenvalue weighted by Gasteiger charge is 2.64. The Hall–Kier alpha value is -2.04. The van der Waals surface area contributed by atoms with E-state index in [9.17, 15) is 4.79 Å². The minimum Gasteiger partial charge on any atom is -0.454 e. The smallest absolute Gasteiger partial charge is 0.244 e. The average Bonchev–Trinajstić information content (AvgIpc) is 2.88. The van der Waals surface area contributed by atoms with Crippen LogP contribution in [0.15, 0.2) is 23.3 Å². The van der Waals surface area contributed by atoms with Crippen molar-refractivity contribution in [3.8, 4) is 11.5 Å². The quantitative estimate of drug-likeness (QED) is 0.689. The second kappa shape index (κ2) is 5.00. The molecule has 2 fully saturated rings. The van der Waals surface area contributed by atoms with Gasteiger partial charge in [0.1, 0.15) is 0 Å². The summed E-state index contributed by atoms with van der Waals surface area (Å²) in [5.41, 5.74) is 3.80. The number of hydrazone groups is 1. The molecule has 2 saturated carbocycles. The molecule has 22 heavy (non-hydrogen) atoms. The molecule has 5 nitrogen and oxygen atoms in total. The van der Waals surface area contributed by atoms with E-state index in [1.54, 1.807) is 6.21 Å². The molecule has 2 aliphatic carbocycles. The molecular formula is C17H20N2O3. The van der Waals surface area contributed by atoms with Gasteiger partial charge in [-0.15, -0.1) is 0 Å². The summed E-state index contributed by atoms with van der Waals surface area (Å²) in [6.45, 7) is 2.50. The zero-order chi connectivity index (χ0) is 15.2. The predicted octanol–water partition coefficient (Wildman–Crippen LogP) is 2.69. The summed E-state index contributed by atoms with van der Waals surface area (Å²) >= 11 is 0. The van der Waals surface area contributed by atoms with E-state index < -0.39 is 0 Å². The number of fused-ring (bicyclic) bond motifs is 2. The molecular weight excluding hydrogens is 280 g/mol. The predicted molar refractivity (Wildman–Crippen MR) is 81.9 cm³/mol. The summed E-state index contributed by atoms with van der Waals surface area (Å²) in [6, 6.07) is 5.60. The van der Waals surface area contributed by atoms with E-state index in [1.807, 2.05) is 18.2 Å². The summed E-state index contributed by atoms with van der Waals surface area (Å²) in [5, 5.41) is 4.10. The summed E-state index contributed by atoms with van der Waals surface area (Å²) in [7, 11) is 0. The number of benzene rings is 1. The van der Waals surface area contributed by atoms with Crippen LogP contribution in [-0.4, -0.2) is 18.9 Å². The van der Waals surface area contributed by atoms with Gasteiger partial charge in [0.2, 0.25) is 12.7 Å². The first-order valence-corrected chi connectivity index (χ1v) is 7.91. The van der Waals surface area contributed by atoms with Gasteiger partial charge in [-0.25, -0.2) is 5.43 Å². The molecule has 0 bridgehead atoms. The SMILES string of the molecule is C[C@@]12CCCC[C@H]1[C@@H]2C(=O)N/N=C\c1ccc2c(c1)OCO2. The van der Waals surface area contributed by atoms with Gasteiger partial charge in [0.25, 0.3) is 0 Å². The van der Waals surface area contributed by atoms with Crippen LogP contribution in [0.4, 0.5) is 0 Å². The van der Waals surface area contributed by atoms with Crippen molar-refractivity contribution >= 4 is 12.1 Å². The van der Waals surface area contributed by atoms with Gasteiger partial charge in [0.05, 0.1) is 6.21 Å². The van der Waals surface area contributed by atoms with Crippen molar-refractivity contribution in [2.75, 3.05) is 6.79 Å². The van der Waals surface area contributed by atoms with Gasteiger partial charge < -0.3 is 9.47 Å². The molecule has 5 heteroatoms. The molecule has 116 valence electrons. The maximum Gasteiger partial charge on any atom is 0.244 e. The lowest BCUT2D eigenvalue weighted by molar-refractivity contribution is -0.123. The number of carbonyl (C=O) groups excluding carboxylic acids is 1. The molecule has 1 aliphatic heterocycles. The third kappa shape index (κ3) is 2.16. The number of carbonyl (C=O) groups is 1. The van der Waals surface area contributed by atoms with Gasteiger partial charge in [0.15, 0.2) is 11.5 Å². The van der Waals surface area contributed by atoms with Crippen LogP contribution in [0.25, 0.3) is 0 Å². The first-order valence-electron chi connectivity index (χ1n) is 7.91. The highest BCUT2D eigenvalue weighted by Crippen LogP contribution is 2.66. The summed E-state index contributed by atoms with van der Waals surface area (Å²) in [4.78, 5) is 12.3. The highest BCUT2D eigenvalue weighted by molar-refractivity contribution is 5.86. The van der Waals surface area contributed by atoms with Crippen LogP contribution in [-0.2, 0) is 4.79 Å². The van der Waals surface area contributed by atoms with Crippen LogP contribution in [0.5, 0.6) is 11.5 Å². The highest BCUT2D eigenvalue weighted by atomic mass is 16.7. The fourth-order valence-corrected chi connectivity index (χ4v) is 4.08. The molecule has 0 saturated heterocycles. The fourth-order valence-electron chi connectivity index (χ4n) is 4.08. The first-order chi connectivity index (χ1) is 10.7. The lowest BCUT2D eigenvalue weighted by atomic mass is 9.90. The number of hydrogen-bond acceptors (Lipinski definition) is 4. The molecule has 1 amide bonds. The number of rotatable bonds is 3. The minimum atomic E-state index is 0.0615. The molecule has 1 aromatic carbocycles. The van der Waals surface area contributed by atoms with E-state index in [4.69, 9.17) is 9.47 Å². The number of nitrogens with zero attached hydrogens (tertiary/aromatic N) is 1. The molecule has 0 spiro atoms. The zero-order valence-corrected chi connectivity index (χ0v) is 12.7. The standard InChI is InChI=1S/C17H20N2O3/c1-17-7-3-2-4-12(17)15(17)16(20)19-18-9-11-5-6-13-14(8-11)22-10-21-13/h5-6,8-9,12,15H,2-4,7,10H2,1H3,(H,19,20)/b18-9-/t12-,15+,17+/m0/s1. The van der Waals surface area contributed by atoms with Gasteiger partial charge in [-0.2, -0.15) is 5.10 Å². The molecule has 0 radical (unpaired) electrons. The number of nitrogens with one attached hydrogen (secondary N) is 1. The average molecular weight is 300 g/mol. The van der Waals surface area contributed by atoms with Gasteiger partial charge in [0, 0.05) is 5.92 Å². The topological polar surface area (TPSA) is 59.9 Å². The van der Waals surface area contributed by atoms with Crippen LogP contribution in [0.2, 0.25) is 0 Å². The Morgan fingerprint density at radius 1 is 1.36 bits per heavy atom.